The van der Waals surface area contributed by atoms with Gasteiger partial charge >= 0.3 is 5.97 Å². The fourth-order valence-corrected chi connectivity index (χ4v) is 4.35. The molecule has 2 fully saturated rings. The number of piperidine rings is 1. The molecule has 7 heteroatoms. The Labute approximate surface area is 160 Å². The predicted octanol–water partition coefficient (Wildman–Crippen LogP) is 1.96. The van der Waals surface area contributed by atoms with Gasteiger partial charge in [0.05, 0.1) is 24.5 Å². The number of nitriles is 1. The molecule has 7 nitrogen and oxygen atoms in total. The van der Waals surface area contributed by atoms with Gasteiger partial charge in [0.1, 0.15) is 11.9 Å². The van der Waals surface area contributed by atoms with Crippen molar-refractivity contribution in [1.29, 1.82) is 5.26 Å². The van der Waals surface area contributed by atoms with E-state index >= 15 is 0 Å². The van der Waals surface area contributed by atoms with Crippen LogP contribution in [0.4, 0.5) is 5.82 Å². The molecule has 0 spiro atoms. The van der Waals surface area contributed by atoms with Crippen molar-refractivity contribution in [1.82, 2.24) is 9.88 Å². The Hall–Kier alpha value is -2.17. The van der Waals surface area contributed by atoms with Crippen LogP contribution in [0.5, 0.6) is 0 Å². The van der Waals surface area contributed by atoms with E-state index in [0.717, 1.165) is 62.9 Å². The Morgan fingerprint density at radius 3 is 2.74 bits per heavy atom. The van der Waals surface area contributed by atoms with Crippen LogP contribution in [0.1, 0.15) is 36.1 Å². The van der Waals surface area contributed by atoms with E-state index in [-0.39, 0.29) is 12.3 Å². The monoisotopic (exact) mass is 372 g/mol. The van der Waals surface area contributed by atoms with Gasteiger partial charge in [0.2, 0.25) is 0 Å². The van der Waals surface area contributed by atoms with Crippen LogP contribution in [0.15, 0.2) is 6.07 Å². The predicted molar refractivity (Wildman–Crippen MR) is 102 cm³/mol. The second-order valence-corrected chi connectivity index (χ2v) is 7.51. The molecule has 0 unspecified atom stereocenters. The van der Waals surface area contributed by atoms with E-state index in [1.807, 2.05) is 19.9 Å². The number of carbonyl (C=O) groups is 1. The lowest BCUT2D eigenvalue weighted by Crippen LogP contribution is -2.54. The largest absolute Gasteiger partial charge is 0.481 e. The molecule has 0 radical (unpaired) electrons. The zero-order valence-electron chi connectivity index (χ0n) is 16.1. The molecular formula is C20H28N4O3. The Kier molecular flexibility index (Phi) is 6.30. The molecule has 3 rings (SSSR count). The van der Waals surface area contributed by atoms with Crippen LogP contribution in [0, 0.1) is 31.1 Å². The lowest BCUT2D eigenvalue weighted by molar-refractivity contribution is -0.137. The van der Waals surface area contributed by atoms with Crippen molar-refractivity contribution in [2.24, 2.45) is 5.92 Å². The van der Waals surface area contributed by atoms with E-state index in [1.54, 1.807) is 0 Å². The first kappa shape index (κ1) is 19.6. The quantitative estimate of drug-likeness (QED) is 0.845. The normalized spacial score (nSPS) is 23.8. The minimum absolute atomic E-state index is 0.193. The minimum atomic E-state index is -0.740. The summed E-state index contributed by atoms with van der Waals surface area (Å²) in [5.41, 5.74) is 2.34. The number of anilines is 1. The van der Waals surface area contributed by atoms with Crippen molar-refractivity contribution < 1.29 is 14.6 Å². The SMILES string of the molecule is Cc1cc(N2CC[C@H](N3CCOCC3)[C@H](CCC(=O)O)C2)nc(C)c1C#N. The summed E-state index contributed by atoms with van der Waals surface area (Å²) in [6.07, 6.45) is 1.85. The van der Waals surface area contributed by atoms with E-state index in [4.69, 9.17) is 9.84 Å². The average molecular weight is 372 g/mol. The molecular weight excluding hydrogens is 344 g/mol. The molecule has 2 aliphatic heterocycles. The van der Waals surface area contributed by atoms with Crippen LogP contribution < -0.4 is 4.90 Å². The summed E-state index contributed by atoms with van der Waals surface area (Å²) >= 11 is 0. The minimum Gasteiger partial charge on any atom is -0.481 e. The molecule has 146 valence electrons. The van der Waals surface area contributed by atoms with Crippen molar-refractivity contribution in [2.45, 2.75) is 39.2 Å². The maximum Gasteiger partial charge on any atom is 0.303 e. The zero-order chi connectivity index (χ0) is 19.4. The molecule has 0 aliphatic carbocycles. The summed E-state index contributed by atoms with van der Waals surface area (Å²) in [7, 11) is 0. The van der Waals surface area contributed by atoms with Gasteiger partial charge in [-0.05, 0) is 44.2 Å². The molecule has 1 N–H and O–H groups in total. The van der Waals surface area contributed by atoms with Crippen LogP contribution in [-0.2, 0) is 9.53 Å². The van der Waals surface area contributed by atoms with E-state index in [1.165, 1.54) is 0 Å². The number of aromatic nitrogens is 1. The van der Waals surface area contributed by atoms with Crippen LogP contribution in [-0.4, -0.2) is 66.4 Å². The Bertz CT molecular complexity index is 701. The fourth-order valence-electron chi connectivity index (χ4n) is 4.35. The van der Waals surface area contributed by atoms with Crippen LogP contribution >= 0.6 is 0 Å². The fraction of sp³-hybridized carbons (Fsp3) is 0.650. The van der Waals surface area contributed by atoms with Gasteiger partial charge in [-0.15, -0.1) is 0 Å². The molecule has 2 atom stereocenters. The standard InChI is InChI=1S/C20H28N4O3/c1-14-11-19(22-15(2)17(14)12-21)24-6-5-18(23-7-9-27-10-8-23)16(13-24)3-4-20(25)26/h11,16,18H,3-10,13H2,1-2H3,(H,25,26)/t16-,18+/m1/s1. The number of aliphatic carboxylic acids is 1. The summed E-state index contributed by atoms with van der Waals surface area (Å²) in [6.45, 7) is 8.85. The highest BCUT2D eigenvalue weighted by molar-refractivity contribution is 5.66. The number of hydrogen-bond donors (Lipinski definition) is 1. The maximum absolute atomic E-state index is 11.1. The first-order valence-electron chi connectivity index (χ1n) is 9.66. The summed E-state index contributed by atoms with van der Waals surface area (Å²) in [6, 6.07) is 4.60. The summed E-state index contributed by atoms with van der Waals surface area (Å²) in [5.74, 6) is 0.437. The number of rotatable bonds is 5. The summed E-state index contributed by atoms with van der Waals surface area (Å²) < 4.78 is 5.48. The topological polar surface area (TPSA) is 89.7 Å². The summed E-state index contributed by atoms with van der Waals surface area (Å²) in [5, 5.41) is 18.4. The first-order chi connectivity index (χ1) is 13.0. The number of carboxylic acid groups (broad SMARTS) is 1. The van der Waals surface area contributed by atoms with Crippen molar-refractivity contribution in [3.8, 4) is 6.07 Å². The third-order valence-electron chi connectivity index (χ3n) is 5.76. The highest BCUT2D eigenvalue weighted by Crippen LogP contribution is 2.30. The van der Waals surface area contributed by atoms with E-state index in [2.05, 4.69) is 20.9 Å². The molecule has 0 saturated carbocycles. The number of pyridine rings is 1. The van der Waals surface area contributed by atoms with Crippen molar-refractivity contribution in [2.75, 3.05) is 44.3 Å². The Morgan fingerprint density at radius 2 is 2.11 bits per heavy atom. The average Bonchev–Trinajstić information content (AvgIpc) is 2.66. The second-order valence-electron chi connectivity index (χ2n) is 7.51. The smallest absolute Gasteiger partial charge is 0.303 e. The van der Waals surface area contributed by atoms with Gasteiger partial charge in [0.15, 0.2) is 0 Å². The van der Waals surface area contributed by atoms with Gasteiger partial charge in [0, 0.05) is 38.6 Å². The lowest BCUT2D eigenvalue weighted by atomic mass is 9.86. The zero-order valence-corrected chi connectivity index (χ0v) is 16.1. The molecule has 3 heterocycles. The summed E-state index contributed by atoms with van der Waals surface area (Å²) in [4.78, 5) is 20.5. The molecule has 1 aromatic heterocycles. The number of hydrogen-bond acceptors (Lipinski definition) is 6. The van der Waals surface area contributed by atoms with Gasteiger partial charge in [-0.2, -0.15) is 5.26 Å². The maximum atomic E-state index is 11.1. The van der Waals surface area contributed by atoms with Gasteiger partial charge in [0.25, 0.3) is 0 Å². The third kappa shape index (κ3) is 4.57. The Balaban J connectivity index is 1.78. The Morgan fingerprint density at radius 1 is 1.37 bits per heavy atom. The molecule has 2 saturated heterocycles. The van der Waals surface area contributed by atoms with Crippen LogP contribution in [0.2, 0.25) is 0 Å². The highest BCUT2D eigenvalue weighted by Gasteiger charge is 2.34. The molecule has 1 aromatic rings. The molecule has 0 aromatic carbocycles. The lowest BCUT2D eigenvalue weighted by Gasteiger charge is -2.45. The van der Waals surface area contributed by atoms with Gasteiger partial charge in [-0.25, -0.2) is 4.98 Å². The van der Waals surface area contributed by atoms with Gasteiger partial charge in [-0.3, -0.25) is 9.69 Å². The molecule has 27 heavy (non-hydrogen) atoms. The molecule has 0 amide bonds. The molecule has 0 bridgehead atoms. The first-order valence-corrected chi connectivity index (χ1v) is 9.66. The number of morpholine rings is 1. The number of carboxylic acids is 1. The van der Waals surface area contributed by atoms with Gasteiger partial charge in [-0.1, -0.05) is 0 Å². The van der Waals surface area contributed by atoms with Crippen LogP contribution in [0.3, 0.4) is 0 Å². The van der Waals surface area contributed by atoms with E-state index in [9.17, 15) is 10.1 Å². The second kappa shape index (κ2) is 8.68. The van der Waals surface area contributed by atoms with E-state index in [0.29, 0.717) is 18.0 Å². The number of nitrogens with zero attached hydrogens (tertiary/aromatic N) is 4. The third-order valence-corrected chi connectivity index (χ3v) is 5.76. The van der Waals surface area contributed by atoms with Crippen LogP contribution in [0.25, 0.3) is 0 Å². The number of aryl methyl sites for hydroxylation is 2. The number of ether oxygens (including phenoxy) is 1. The van der Waals surface area contributed by atoms with Crippen molar-refractivity contribution >= 4 is 11.8 Å². The van der Waals surface area contributed by atoms with Crippen molar-refractivity contribution in [3.05, 3.63) is 22.9 Å². The highest BCUT2D eigenvalue weighted by atomic mass is 16.5. The molecule has 2 aliphatic rings. The van der Waals surface area contributed by atoms with Gasteiger partial charge < -0.3 is 14.7 Å². The van der Waals surface area contributed by atoms with Crippen molar-refractivity contribution in [3.63, 3.8) is 0 Å². The van der Waals surface area contributed by atoms with E-state index < -0.39 is 5.97 Å².